The largest absolute Gasteiger partial charge is 0.363 e. The highest BCUT2D eigenvalue weighted by atomic mass is 16.5. The first-order chi connectivity index (χ1) is 6.45. The van der Waals surface area contributed by atoms with Crippen LogP contribution in [0, 0.1) is 22.7 Å². The molecule has 2 heterocycles. The number of hydrogen-bond donors (Lipinski definition) is 0. The molecule has 2 bridgehead atoms. The zero-order valence-corrected chi connectivity index (χ0v) is 8.96. The second kappa shape index (κ2) is 1.60. The molecule has 2 heteroatoms. The van der Waals surface area contributed by atoms with Crippen LogP contribution >= 0.6 is 0 Å². The van der Waals surface area contributed by atoms with E-state index in [9.17, 15) is 4.79 Å². The van der Waals surface area contributed by atoms with Gasteiger partial charge in [0.2, 0.25) is 0 Å². The van der Waals surface area contributed by atoms with E-state index in [4.69, 9.17) is 4.74 Å². The van der Waals surface area contributed by atoms with Crippen LogP contribution in [-0.4, -0.2) is 17.5 Å². The molecule has 2 aliphatic heterocycles. The molecule has 2 saturated carbocycles. The molecule has 1 spiro atoms. The zero-order chi connectivity index (χ0) is 9.93. The monoisotopic (exact) mass is 192 g/mol. The van der Waals surface area contributed by atoms with Gasteiger partial charge < -0.3 is 4.74 Å². The average Bonchev–Trinajstić information content (AvgIpc) is 2.91. The fourth-order valence-electron chi connectivity index (χ4n) is 4.72. The van der Waals surface area contributed by atoms with Crippen molar-refractivity contribution in [1.29, 1.82) is 0 Å². The first kappa shape index (κ1) is 7.86. The maximum absolute atomic E-state index is 12.2. The molecule has 2 nitrogen and oxygen atoms in total. The van der Waals surface area contributed by atoms with Crippen molar-refractivity contribution in [3.63, 3.8) is 0 Å². The highest BCUT2D eigenvalue weighted by Gasteiger charge is 2.88. The zero-order valence-electron chi connectivity index (χ0n) is 8.96. The molecule has 14 heavy (non-hydrogen) atoms. The molecule has 4 atom stereocenters. The summed E-state index contributed by atoms with van der Waals surface area (Å²) in [7, 11) is 0. The molecule has 0 aromatic rings. The van der Waals surface area contributed by atoms with Gasteiger partial charge in [0.25, 0.3) is 0 Å². The van der Waals surface area contributed by atoms with E-state index < -0.39 is 0 Å². The van der Waals surface area contributed by atoms with E-state index in [0.717, 1.165) is 12.8 Å². The number of carbonyl (C=O) groups is 1. The molecule has 0 aromatic heterocycles. The number of ether oxygens (including phenoxy) is 1. The summed E-state index contributed by atoms with van der Waals surface area (Å²) >= 11 is 0. The lowest BCUT2D eigenvalue weighted by molar-refractivity contribution is -0.126. The molecule has 0 N–H and O–H groups in total. The third-order valence-electron chi connectivity index (χ3n) is 5.63. The van der Waals surface area contributed by atoms with Gasteiger partial charge in [0.1, 0.15) is 6.10 Å². The molecule has 0 amide bonds. The van der Waals surface area contributed by atoms with Crippen molar-refractivity contribution in [2.45, 2.75) is 45.3 Å². The van der Waals surface area contributed by atoms with Crippen LogP contribution in [0.2, 0.25) is 0 Å². The van der Waals surface area contributed by atoms with Crippen LogP contribution in [-0.2, 0) is 9.53 Å². The molecule has 4 aliphatic rings. The number of rotatable bonds is 0. The van der Waals surface area contributed by atoms with E-state index in [2.05, 4.69) is 20.8 Å². The fraction of sp³-hybridized carbons (Fsp3) is 0.917. The highest BCUT2D eigenvalue weighted by molar-refractivity contribution is 5.97. The quantitative estimate of drug-likeness (QED) is 0.584. The summed E-state index contributed by atoms with van der Waals surface area (Å²) in [6, 6.07) is 0. The number of ketones is 1. The molecule has 0 radical (unpaired) electrons. The summed E-state index contributed by atoms with van der Waals surface area (Å²) in [4.78, 5) is 12.2. The van der Waals surface area contributed by atoms with Gasteiger partial charge in [0.15, 0.2) is 5.78 Å². The second-order valence-electron chi connectivity index (χ2n) is 6.42. The third kappa shape index (κ3) is 0.474. The van der Waals surface area contributed by atoms with E-state index in [1.54, 1.807) is 0 Å². The van der Waals surface area contributed by atoms with Crippen LogP contribution in [0.3, 0.4) is 0 Å². The normalized spacial score (nSPS) is 59.1. The molecular weight excluding hydrogens is 176 g/mol. The summed E-state index contributed by atoms with van der Waals surface area (Å²) in [5.74, 6) is 1.62. The van der Waals surface area contributed by atoms with Crippen molar-refractivity contribution in [3.05, 3.63) is 0 Å². The number of fused-ring (bicyclic) bond motifs is 6. The highest BCUT2D eigenvalue weighted by Crippen LogP contribution is 2.82. The maximum atomic E-state index is 12.2. The van der Waals surface area contributed by atoms with E-state index in [-0.39, 0.29) is 17.1 Å². The first-order valence-electron chi connectivity index (χ1n) is 5.67. The molecule has 2 aliphatic carbocycles. The van der Waals surface area contributed by atoms with Gasteiger partial charge in [-0.1, -0.05) is 13.8 Å². The van der Waals surface area contributed by atoms with Crippen LogP contribution < -0.4 is 0 Å². The Labute approximate surface area is 84.0 Å². The molecule has 0 aromatic carbocycles. The third-order valence-corrected chi connectivity index (χ3v) is 5.63. The minimum absolute atomic E-state index is 0.0351. The van der Waals surface area contributed by atoms with E-state index in [1.165, 1.54) is 0 Å². The second-order valence-corrected chi connectivity index (χ2v) is 6.42. The van der Waals surface area contributed by atoms with Crippen molar-refractivity contribution in [2.24, 2.45) is 22.7 Å². The molecule has 0 unspecified atom stereocenters. The lowest BCUT2D eigenvalue weighted by atomic mass is 9.75. The van der Waals surface area contributed by atoms with Gasteiger partial charge in [0.05, 0.1) is 11.0 Å². The topological polar surface area (TPSA) is 26.3 Å². The Hall–Kier alpha value is -0.370. The summed E-state index contributed by atoms with van der Waals surface area (Å²) in [6.07, 6.45) is 2.12. The fourth-order valence-corrected chi connectivity index (χ4v) is 4.72. The molecule has 4 rings (SSSR count). The van der Waals surface area contributed by atoms with E-state index >= 15 is 0 Å². The smallest absolute Gasteiger partial charge is 0.170 e. The van der Waals surface area contributed by atoms with Gasteiger partial charge in [0, 0.05) is 11.8 Å². The minimum atomic E-state index is -0.0943. The minimum Gasteiger partial charge on any atom is -0.363 e. The van der Waals surface area contributed by atoms with Gasteiger partial charge in [-0.15, -0.1) is 0 Å². The van der Waals surface area contributed by atoms with Crippen LogP contribution in [0.4, 0.5) is 0 Å². The summed E-state index contributed by atoms with van der Waals surface area (Å²) in [6.45, 7) is 6.78. The van der Waals surface area contributed by atoms with Crippen LogP contribution in [0.1, 0.15) is 33.6 Å². The van der Waals surface area contributed by atoms with Crippen molar-refractivity contribution >= 4 is 5.78 Å². The predicted molar refractivity (Wildman–Crippen MR) is 50.7 cm³/mol. The maximum Gasteiger partial charge on any atom is 0.170 e. The molecular formula is C12H16O2. The summed E-state index contributed by atoms with van der Waals surface area (Å²) in [5, 5.41) is 0. The first-order valence-corrected chi connectivity index (χ1v) is 5.67. The Kier molecular flexibility index (Phi) is 0.901. The summed E-state index contributed by atoms with van der Waals surface area (Å²) in [5.41, 5.74) is 0.231. The Morgan fingerprint density at radius 3 is 2.50 bits per heavy atom. The van der Waals surface area contributed by atoms with Gasteiger partial charge >= 0.3 is 0 Å². The summed E-state index contributed by atoms with van der Waals surface area (Å²) < 4.78 is 6.00. The molecule has 2 saturated heterocycles. The number of Topliss-reactive ketones (excluding diaryl/α,β-unsaturated/α-hetero) is 1. The van der Waals surface area contributed by atoms with E-state index in [0.29, 0.717) is 23.0 Å². The lowest BCUT2D eigenvalue weighted by Crippen LogP contribution is -2.40. The van der Waals surface area contributed by atoms with Crippen LogP contribution in [0.5, 0.6) is 0 Å². The van der Waals surface area contributed by atoms with Gasteiger partial charge in [-0.2, -0.15) is 0 Å². The lowest BCUT2D eigenvalue weighted by Gasteiger charge is -2.30. The number of hydrogen-bond acceptors (Lipinski definition) is 2. The van der Waals surface area contributed by atoms with Crippen molar-refractivity contribution < 1.29 is 9.53 Å². The van der Waals surface area contributed by atoms with Crippen molar-refractivity contribution in [3.8, 4) is 0 Å². The van der Waals surface area contributed by atoms with Crippen LogP contribution in [0.15, 0.2) is 0 Å². The Balaban J connectivity index is 1.90. The average molecular weight is 192 g/mol. The Morgan fingerprint density at radius 2 is 1.93 bits per heavy atom. The molecule has 76 valence electrons. The predicted octanol–water partition coefficient (Wildman–Crippen LogP) is 1.78. The van der Waals surface area contributed by atoms with Gasteiger partial charge in [-0.3, -0.25) is 4.79 Å². The Morgan fingerprint density at radius 1 is 1.29 bits per heavy atom. The van der Waals surface area contributed by atoms with Crippen molar-refractivity contribution in [2.75, 3.05) is 0 Å². The molecule has 4 fully saturated rings. The van der Waals surface area contributed by atoms with Crippen molar-refractivity contribution in [1.82, 2.24) is 0 Å². The Bertz CT molecular complexity index is 367. The number of carbonyl (C=O) groups excluding carboxylic acids is 1. The van der Waals surface area contributed by atoms with Gasteiger partial charge in [-0.05, 0) is 25.2 Å². The standard InChI is InChI=1S/C12H16O2/c1-10(2)6-7-9(13)12(4-5-12)11(3,14-7)8(6)10/h6-8H,4-5H2,1-3H3/t6-,7+,8+,11-/m1/s1. The van der Waals surface area contributed by atoms with Crippen LogP contribution in [0.25, 0.3) is 0 Å². The van der Waals surface area contributed by atoms with E-state index in [1.807, 2.05) is 0 Å². The SMILES string of the molecule is CC1(C)[C@@H]2[C@@H]3O[C@](C)([C@@H]21)C1(CC1)C3=O. The van der Waals surface area contributed by atoms with Gasteiger partial charge in [-0.25, -0.2) is 0 Å².